The number of hydrogen-bond acceptors (Lipinski definition) is 2. The first-order chi connectivity index (χ1) is 5.33. The Kier molecular flexibility index (Phi) is 1.48. The summed E-state index contributed by atoms with van der Waals surface area (Å²) in [5, 5.41) is 0. The van der Waals surface area contributed by atoms with Crippen LogP contribution in [-0.4, -0.2) is 12.6 Å². The first-order valence-electron chi connectivity index (χ1n) is 4.21. The molecule has 0 aromatic heterocycles. The topological polar surface area (TPSA) is 26.3 Å². The zero-order valence-corrected chi connectivity index (χ0v) is 6.67. The second kappa shape index (κ2) is 2.36. The molecule has 2 aliphatic rings. The highest BCUT2D eigenvalue weighted by Gasteiger charge is 2.42. The molecule has 0 aromatic carbocycles. The lowest BCUT2D eigenvalue weighted by atomic mass is 10.2. The van der Waals surface area contributed by atoms with Gasteiger partial charge in [-0.2, -0.15) is 0 Å². The van der Waals surface area contributed by atoms with Gasteiger partial charge in [-0.05, 0) is 25.7 Å². The van der Waals surface area contributed by atoms with E-state index in [2.05, 4.69) is 0 Å². The molecule has 2 heteroatoms. The molecule has 0 aromatic rings. The SMILES string of the molecule is CCOC(=O)[C@@H]1C=C1C1CC1. The zero-order chi connectivity index (χ0) is 7.84. The lowest BCUT2D eigenvalue weighted by Gasteiger charge is -1.99. The van der Waals surface area contributed by atoms with Gasteiger partial charge < -0.3 is 4.74 Å². The van der Waals surface area contributed by atoms with Gasteiger partial charge >= 0.3 is 5.97 Å². The van der Waals surface area contributed by atoms with Crippen molar-refractivity contribution in [2.24, 2.45) is 11.8 Å². The largest absolute Gasteiger partial charge is 0.465 e. The van der Waals surface area contributed by atoms with Crippen LogP contribution >= 0.6 is 0 Å². The molecule has 0 spiro atoms. The lowest BCUT2D eigenvalue weighted by molar-refractivity contribution is -0.144. The maximum Gasteiger partial charge on any atom is 0.316 e. The second-order valence-corrected chi connectivity index (χ2v) is 3.17. The second-order valence-electron chi connectivity index (χ2n) is 3.17. The van der Waals surface area contributed by atoms with Crippen LogP contribution in [-0.2, 0) is 9.53 Å². The highest BCUT2D eigenvalue weighted by molar-refractivity contribution is 5.83. The van der Waals surface area contributed by atoms with Crippen LogP contribution in [0.1, 0.15) is 19.8 Å². The summed E-state index contributed by atoms with van der Waals surface area (Å²) in [7, 11) is 0. The van der Waals surface area contributed by atoms with E-state index in [0.29, 0.717) is 6.61 Å². The van der Waals surface area contributed by atoms with E-state index in [-0.39, 0.29) is 11.9 Å². The van der Waals surface area contributed by atoms with E-state index in [9.17, 15) is 4.79 Å². The molecule has 60 valence electrons. The fourth-order valence-corrected chi connectivity index (χ4v) is 1.39. The van der Waals surface area contributed by atoms with Crippen molar-refractivity contribution in [1.82, 2.24) is 0 Å². The average molecular weight is 152 g/mol. The van der Waals surface area contributed by atoms with Crippen LogP contribution in [0.4, 0.5) is 0 Å². The van der Waals surface area contributed by atoms with Gasteiger partial charge in [0.15, 0.2) is 0 Å². The first-order valence-corrected chi connectivity index (χ1v) is 4.21. The van der Waals surface area contributed by atoms with Crippen molar-refractivity contribution in [3.05, 3.63) is 11.6 Å². The molecule has 0 amide bonds. The maximum atomic E-state index is 11.1. The number of ether oxygens (including phenoxy) is 1. The summed E-state index contributed by atoms with van der Waals surface area (Å²) in [6.07, 6.45) is 4.60. The summed E-state index contributed by atoms with van der Waals surface area (Å²) in [4.78, 5) is 11.1. The van der Waals surface area contributed by atoms with Crippen LogP contribution in [0.15, 0.2) is 11.6 Å². The van der Waals surface area contributed by atoms with Crippen LogP contribution in [0.2, 0.25) is 0 Å². The van der Waals surface area contributed by atoms with Crippen molar-refractivity contribution in [3.63, 3.8) is 0 Å². The normalized spacial score (nSPS) is 27.7. The monoisotopic (exact) mass is 152 g/mol. The summed E-state index contributed by atoms with van der Waals surface area (Å²) in [5.74, 6) is 0.765. The van der Waals surface area contributed by atoms with E-state index in [0.717, 1.165) is 5.92 Å². The molecule has 0 saturated heterocycles. The summed E-state index contributed by atoms with van der Waals surface area (Å²) in [6, 6.07) is 0. The molecule has 1 fully saturated rings. The highest BCUT2D eigenvalue weighted by Crippen LogP contribution is 2.48. The molecule has 2 aliphatic carbocycles. The van der Waals surface area contributed by atoms with E-state index in [1.807, 2.05) is 13.0 Å². The van der Waals surface area contributed by atoms with Crippen molar-refractivity contribution in [3.8, 4) is 0 Å². The van der Waals surface area contributed by atoms with Crippen LogP contribution in [0.5, 0.6) is 0 Å². The zero-order valence-electron chi connectivity index (χ0n) is 6.67. The first kappa shape index (κ1) is 6.89. The quantitative estimate of drug-likeness (QED) is 0.452. The molecule has 11 heavy (non-hydrogen) atoms. The van der Waals surface area contributed by atoms with Gasteiger partial charge in [0.2, 0.25) is 0 Å². The van der Waals surface area contributed by atoms with Crippen molar-refractivity contribution < 1.29 is 9.53 Å². The number of rotatable bonds is 3. The fraction of sp³-hybridized carbons (Fsp3) is 0.667. The van der Waals surface area contributed by atoms with E-state index < -0.39 is 0 Å². The van der Waals surface area contributed by atoms with Gasteiger partial charge in [0.05, 0.1) is 12.5 Å². The third-order valence-corrected chi connectivity index (χ3v) is 2.20. The summed E-state index contributed by atoms with van der Waals surface area (Å²) in [6.45, 7) is 2.35. The standard InChI is InChI=1S/C9H12O2/c1-2-11-9(10)8-5-7(8)6-3-4-6/h5-6,8H,2-4H2,1H3/t8-/m1/s1. The minimum atomic E-state index is -0.0469. The Hall–Kier alpha value is -0.790. The van der Waals surface area contributed by atoms with Crippen molar-refractivity contribution >= 4 is 5.97 Å². The Morgan fingerprint density at radius 2 is 2.45 bits per heavy atom. The van der Waals surface area contributed by atoms with Gasteiger partial charge in [-0.1, -0.05) is 11.6 Å². The molecule has 1 saturated carbocycles. The minimum Gasteiger partial charge on any atom is -0.465 e. The molecule has 0 N–H and O–H groups in total. The Morgan fingerprint density at radius 1 is 1.73 bits per heavy atom. The molecule has 0 aliphatic heterocycles. The predicted molar refractivity (Wildman–Crippen MR) is 40.9 cm³/mol. The minimum absolute atomic E-state index is 0.0469. The van der Waals surface area contributed by atoms with Crippen LogP contribution < -0.4 is 0 Å². The lowest BCUT2D eigenvalue weighted by Crippen LogP contribution is -2.08. The molecule has 0 unspecified atom stereocenters. The molecular weight excluding hydrogens is 140 g/mol. The third-order valence-electron chi connectivity index (χ3n) is 2.20. The van der Waals surface area contributed by atoms with E-state index in [4.69, 9.17) is 4.74 Å². The average Bonchev–Trinajstić information content (AvgIpc) is 2.83. The summed E-state index contributed by atoms with van der Waals surface area (Å²) >= 11 is 0. The van der Waals surface area contributed by atoms with Crippen molar-refractivity contribution in [2.45, 2.75) is 19.8 Å². The molecule has 0 radical (unpaired) electrons. The number of carbonyl (C=O) groups is 1. The molecule has 2 rings (SSSR count). The van der Waals surface area contributed by atoms with Gasteiger partial charge in [-0.3, -0.25) is 4.79 Å². The van der Waals surface area contributed by atoms with E-state index in [1.165, 1.54) is 18.4 Å². The smallest absolute Gasteiger partial charge is 0.316 e. The molecule has 0 heterocycles. The summed E-state index contributed by atoms with van der Waals surface area (Å²) in [5.41, 5.74) is 1.34. The number of carbonyl (C=O) groups excluding carboxylic acids is 1. The van der Waals surface area contributed by atoms with Gasteiger partial charge in [-0.15, -0.1) is 0 Å². The van der Waals surface area contributed by atoms with Gasteiger partial charge in [0, 0.05) is 0 Å². The van der Waals surface area contributed by atoms with Crippen molar-refractivity contribution in [2.75, 3.05) is 6.61 Å². The molecule has 1 atom stereocenters. The van der Waals surface area contributed by atoms with Crippen molar-refractivity contribution in [1.29, 1.82) is 0 Å². The van der Waals surface area contributed by atoms with Gasteiger partial charge in [0.25, 0.3) is 0 Å². The Morgan fingerprint density at radius 3 is 3.00 bits per heavy atom. The molecular formula is C9H12O2. The Bertz CT molecular complexity index is 214. The van der Waals surface area contributed by atoms with Crippen LogP contribution in [0.3, 0.4) is 0 Å². The molecule has 0 bridgehead atoms. The highest BCUT2D eigenvalue weighted by atomic mass is 16.5. The van der Waals surface area contributed by atoms with E-state index in [1.54, 1.807) is 0 Å². The van der Waals surface area contributed by atoms with Crippen LogP contribution in [0.25, 0.3) is 0 Å². The Balaban J connectivity index is 1.78. The number of hydrogen-bond donors (Lipinski definition) is 0. The van der Waals surface area contributed by atoms with Crippen LogP contribution in [0, 0.1) is 11.8 Å². The maximum absolute atomic E-state index is 11.1. The Labute approximate surface area is 66.2 Å². The fourth-order valence-electron chi connectivity index (χ4n) is 1.39. The van der Waals surface area contributed by atoms with Gasteiger partial charge in [-0.25, -0.2) is 0 Å². The third kappa shape index (κ3) is 1.30. The molecule has 2 nitrogen and oxygen atoms in total. The summed E-state index contributed by atoms with van der Waals surface area (Å²) < 4.78 is 4.88. The number of esters is 1. The predicted octanol–water partition coefficient (Wildman–Crippen LogP) is 1.52. The van der Waals surface area contributed by atoms with E-state index >= 15 is 0 Å². The van der Waals surface area contributed by atoms with Gasteiger partial charge in [0.1, 0.15) is 0 Å².